The van der Waals surface area contributed by atoms with Crippen LogP contribution in [0.1, 0.15) is 12.8 Å². The van der Waals surface area contributed by atoms with Crippen molar-refractivity contribution in [1.82, 2.24) is 4.90 Å². The average Bonchev–Trinajstić information content (AvgIpc) is 2.30. The molecular weight excluding hydrogens is 349 g/mol. The second-order valence-electron chi connectivity index (χ2n) is 4.63. The smallest absolute Gasteiger partial charge is 0.132 e. The van der Waals surface area contributed by atoms with Crippen LogP contribution >= 0.6 is 34.2 Å². The van der Waals surface area contributed by atoms with Crippen molar-refractivity contribution in [1.29, 1.82) is 0 Å². The lowest BCUT2D eigenvalue weighted by atomic mass is 9.98. The first kappa shape index (κ1) is 13.4. The Balaban J connectivity index is 1.85. The van der Waals surface area contributed by atoms with Crippen molar-refractivity contribution in [2.24, 2.45) is 5.92 Å². The fraction of sp³-hybridized carbons (Fsp3) is 0.538. The van der Waals surface area contributed by atoms with Crippen molar-refractivity contribution in [2.75, 3.05) is 26.7 Å². The number of nitrogens with zero attached hydrogens (tertiary/aromatic N) is 1. The molecule has 2 nitrogen and oxygen atoms in total. The van der Waals surface area contributed by atoms with E-state index in [4.69, 9.17) is 16.3 Å². The van der Waals surface area contributed by atoms with Gasteiger partial charge < -0.3 is 9.64 Å². The van der Waals surface area contributed by atoms with E-state index in [1.165, 1.54) is 25.9 Å². The molecule has 0 saturated carbocycles. The maximum atomic E-state index is 5.92. The summed E-state index contributed by atoms with van der Waals surface area (Å²) in [7, 11) is 2.18. The number of ether oxygens (including phenoxy) is 1. The van der Waals surface area contributed by atoms with E-state index in [1.54, 1.807) is 0 Å². The van der Waals surface area contributed by atoms with E-state index in [-0.39, 0.29) is 0 Å². The van der Waals surface area contributed by atoms with E-state index < -0.39 is 0 Å². The minimum absolute atomic E-state index is 0.692. The molecule has 1 aromatic carbocycles. The molecule has 0 spiro atoms. The number of hydrogen-bond acceptors (Lipinski definition) is 2. The van der Waals surface area contributed by atoms with Crippen LogP contribution < -0.4 is 4.74 Å². The van der Waals surface area contributed by atoms with Crippen molar-refractivity contribution < 1.29 is 4.74 Å². The molecule has 0 bridgehead atoms. The fourth-order valence-electron chi connectivity index (χ4n) is 2.03. The molecule has 1 aromatic rings. The summed E-state index contributed by atoms with van der Waals surface area (Å²) in [4.78, 5) is 2.38. The summed E-state index contributed by atoms with van der Waals surface area (Å²) in [6.07, 6.45) is 2.47. The Morgan fingerprint density at radius 1 is 1.41 bits per heavy atom. The first-order valence-corrected chi connectivity index (χ1v) is 7.37. The second-order valence-corrected chi connectivity index (χ2v) is 6.23. The van der Waals surface area contributed by atoms with Crippen LogP contribution in [0.5, 0.6) is 5.75 Å². The Morgan fingerprint density at radius 2 is 2.12 bits per heavy atom. The van der Waals surface area contributed by atoms with Gasteiger partial charge in [-0.1, -0.05) is 11.6 Å². The number of benzene rings is 1. The van der Waals surface area contributed by atoms with Crippen molar-refractivity contribution in [2.45, 2.75) is 12.8 Å². The summed E-state index contributed by atoms with van der Waals surface area (Å²) in [5.74, 6) is 1.65. The predicted molar refractivity (Wildman–Crippen MR) is 79.9 cm³/mol. The Labute approximate surface area is 121 Å². The predicted octanol–water partition coefficient (Wildman–Crippen LogP) is 3.67. The first-order chi connectivity index (χ1) is 8.15. The third-order valence-corrected chi connectivity index (χ3v) is 4.28. The maximum absolute atomic E-state index is 5.92. The number of halogens is 2. The lowest BCUT2D eigenvalue weighted by Gasteiger charge is -2.28. The van der Waals surface area contributed by atoms with Gasteiger partial charge in [0, 0.05) is 5.02 Å². The molecule has 94 valence electrons. The van der Waals surface area contributed by atoms with Gasteiger partial charge in [0.05, 0.1) is 10.2 Å². The molecule has 1 aliphatic rings. The van der Waals surface area contributed by atoms with E-state index in [2.05, 4.69) is 34.5 Å². The average molecular weight is 366 g/mol. The number of rotatable bonds is 3. The van der Waals surface area contributed by atoms with Gasteiger partial charge in [-0.3, -0.25) is 0 Å². The lowest BCUT2D eigenvalue weighted by Crippen LogP contribution is -2.32. The van der Waals surface area contributed by atoms with Crippen LogP contribution in [0.2, 0.25) is 5.02 Å². The molecule has 4 heteroatoms. The van der Waals surface area contributed by atoms with Crippen LogP contribution in [-0.2, 0) is 0 Å². The molecule has 0 N–H and O–H groups in total. The molecule has 1 aliphatic heterocycles. The van der Waals surface area contributed by atoms with Crippen LogP contribution in [0.25, 0.3) is 0 Å². The Hall–Kier alpha value is -0.000000000000000111. The summed E-state index contributed by atoms with van der Waals surface area (Å²) in [6, 6.07) is 5.78. The molecule has 0 atom stereocenters. The van der Waals surface area contributed by atoms with Crippen LogP contribution in [-0.4, -0.2) is 31.6 Å². The normalized spacial score (nSPS) is 18.3. The van der Waals surface area contributed by atoms with Gasteiger partial charge in [0.2, 0.25) is 0 Å². The summed E-state index contributed by atoms with van der Waals surface area (Å²) in [5, 5.41) is 0.765. The third-order valence-electron chi connectivity index (χ3n) is 3.21. The molecule has 0 radical (unpaired) electrons. The topological polar surface area (TPSA) is 12.5 Å². The van der Waals surface area contributed by atoms with Crippen LogP contribution in [0.3, 0.4) is 0 Å². The summed E-state index contributed by atoms with van der Waals surface area (Å²) < 4.78 is 6.97. The minimum Gasteiger partial charge on any atom is -0.492 e. The molecular formula is C13H17ClINO. The van der Waals surface area contributed by atoms with E-state index in [0.717, 1.165) is 20.9 Å². The number of hydrogen-bond donors (Lipinski definition) is 0. The Bertz CT molecular complexity index is 378. The zero-order chi connectivity index (χ0) is 12.3. The zero-order valence-electron chi connectivity index (χ0n) is 9.96. The Morgan fingerprint density at radius 3 is 2.76 bits per heavy atom. The highest BCUT2D eigenvalue weighted by Crippen LogP contribution is 2.26. The first-order valence-electron chi connectivity index (χ1n) is 5.91. The van der Waals surface area contributed by atoms with Crippen molar-refractivity contribution in [3.05, 3.63) is 26.8 Å². The standard InChI is InChI=1S/C13H17ClINO/c1-16-6-4-10(5-7-16)9-17-13-3-2-11(14)8-12(13)15/h2-3,8,10H,4-7,9H2,1H3. The van der Waals surface area contributed by atoms with Gasteiger partial charge in [-0.25, -0.2) is 0 Å². The van der Waals surface area contributed by atoms with Crippen molar-refractivity contribution in [3.8, 4) is 5.75 Å². The maximum Gasteiger partial charge on any atom is 0.132 e. The highest BCUT2D eigenvalue weighted by atomic mass is 127. The largest absolute Gasteiger partial charge is 0.492 e. The van der Waals surface area contributed by atoms with Gasteiger partial charge in [-0.2, -0.15) is 0 Å². The summed E-state index contributed by atoms with van der Waals surface area (Å²) in [5.41, 5.74) is 0. The number of piperidine rings is 1. The molecule has 0 aromatic heterocycles. The molecule has 2 rings (SSSR count). The molecule has 0 aliphatic carbocycles. The second kappa shape index (κ2) is 6.25. The minimum atomic E-state index is 0.692. The van der Waals surface area contributed by atoms with Crippen LogP contribution in [0.15, 0.2) is 18.2 Å². The number of likely N-dealkylation sites (tertiary alicyclic amines) is 1. The monoisotopic (exact) mass is 365 g/mol. The highest BCUT2D eigenvalue weighted by molar-refractivity contribution is 14.1. The quantitative estimate of drug-likeness (QED) is 0.758. The van der Waals surface area contributed by atoms with Gasteiger partial charge in [-0.15, -0.1) is 0 Å². The highest BCUT2D eigenvalue weighted by Gasteiger charge is 2.17. The lowest BCUT2D eigenvalue weighted by molar-refractivity contribution is 0.159. The molecule has 1 fully saturated rings. The van der Waals surface area contributed by atoms with E-state index in [9.17, 15) is 0 Å². The van der Waals surface area contributed by atoms with E-state index in [0.29, 0.717) is 5.92 Å². The fourth-order valence-corrected chi connectivity index (χ4v) is 3.06. The molecule has 0 amide bonds. The van der Waals surface area contributed by atoms with Gasteiger partial charge in [-0.05, 0) is 79.7 Å². The van der Waals surface area contributed by atoms with Crippen molar-refractivity contribution in [3.63, 3.8) is 0 Å². The third kappa shape index (κ3) is 4.00. The van der Waals surface area contributed by atoms with Crippen LogP contribution in [0, 0.1) is 9.49 Å². The van der Waals surface area contributed by atoms with Gasteiger partial charge in [0.15, 0.2) is 0 Å². The van der Waals surface area contributed by atoms with Crippen molar-refractivity contribution >= 4 is 34.2 Å². The van der Waals surface area contributed by atoms with E-state index in [1.807, 2.05) is 18.2 Å². The molecule has 1 saturated heterocycles. The van der Waals surface area contributed by atoms with Crippen LogP contribution in [0.4, 0.5) is 0 Å². The Kier molecular flexibility index (Phi) is 4.94. The SMILES string of the molecule is CN1CCC(COc2ccc(Cl)cc2I)CC1. The van der Waals surface area contributed by atoms with E-state index >= 15 is 0 Å². The summed E-state index contributed by atoms with van der Waals surface area (Å²) >= 11 is 8.18. The summed E-state index contributed by atoms with van der Waals surface area (Å²) in [6.45, 7) is 3.20. The zero-order valence-corrected chi connectivity index (χ0v) is 12.9. The van der Waals surface area contributed by atoms with Gasteiger partial charge in [0.25, 0.3) is 0 Å². The molecule has 17 heavy (non-hydrogen) atoms. The van der Waals surface area contributed by atoms with Gasteiger partial charge in [0.1, 0.15) is 5.75 Å². The van der Waals surface area contributed by atoms with Gasteiger partial charge >= 0.3 is 0 Å². The molecule has 0 unspecified atom stereocenters. The molecule has 1 heterocycles.